The Morgan fingerprint density at radius 3 is 2.95 bits per heavy atom. The number of rotatable bonds is 5. The van der Waals surface area contributed by atoms with Crippen molar-refractivity contribution in [2.75, 3.05) is 24.2 Å². The fraction of sp³-hybridized carbons (Fsp3) is 0.571. The van der Waals surface area contributed by atoms with Gasteiger partial charge in [-0.3, -0.25) is 4.79 Å². The van der Waals surface area contributed by atoms with Crippen LogP contribution in [0.2, 0.25) is 0 Å². The molecular formula is C14H20N4O2. The first-order valence-corrected chi connectivity index (χ1v) is 7.13. The first kappa shape index (κ1) is 13.0. The van der Waals surface area contributed by atoms with Crippen LogP contribution in [0.1, 0.15) is 25.7 Å². The first-order valence-electron chi connectivity index (χ1n) is 7.13. The van der Waals surface area contributed by atoms with Crippen LogP contribution < -0.4 is 21.1 Å². The van der Waals surface area contributed by atoms with E-state index >= 15 is 0 Å². The van der Waals surface area contributed by atoms with Crippen molar-refractivity contribution in [1.82, 2.24) is 10.3 Å². The minimum atomic E-state index is 0.113. The fourth-order valence-electron chi connectivity index (χ4n) is 2.19. The van der Waals surface area contributed by atoms with Crippen LogP contribution in [0.25, 0.3) is 0 Å². The van der Waals surface area contributed by atoms with E-state index in [2.05, 4.69) is 15.6 Å². The van der Waals surface area contributed by atoms with Gasteiger partial charge in [0.15, 0.2) is 0 Å². The van der Waals surface area contributed by atoms with E-state index in [0.717, 1.165) is 12.2 Å². The molecule has 1 aliphatic carbocycles. The van der Waals surface area contributed by atoms with Crippen LogP contribution in [-0.2, 0) is 4.79 Å². The van der Waals surface area contributed by atoms with E-state index < -0.39 is 0 Å². The maximum absolute atomic E-state index is 11.1. The van der Waals surface area contributed by atoms with Gasteiger partial charge in [0.05, 0.1) is 12.3 Å². The second-order valence-corrected chi connectivity index (χ2v) is 5.53. The van der Waals surface area contributed by atoms with Gasteiger partial charge in [0.1, 0.15) is 5.82 Å². The van der Waals surface area contributed by atoms with Crippen molar-refractivity contribution >= 4 is 17.4 Å². The maximum Gasteiger partial charge on any atom is 0.239 e. The van der Waals surface area contributed by atoms with Crippen molar-refractivity contribution in [3.8, 4) is 5.88 Å². The van der Waals surface area contributed by atoms with Gasteiger partial charge in [0, 0.05) is 19.0 Å². The highest BCUT2D eigenvalue weighted by Crippen LogP contribution is 2.30. The third-order valence-corrected chi connectivity index (χ3v) is 3.66. The van der Waals surface area contributed by atoms with Gasteiger partial charge in [-0.1, -0.05) is 0 Å². The van der Waals surface area contributed by atoms with E-state index in [-0.39, 0.29) is 11.9 Å². The number of carbonyl (C=O) groups is 1. The van der Waals surface area contributed by atoms with Gasteiger partial charge < -0.3 is 21.1 Å². The fourth-order valence-corrected chi connectivity index (χ4v) is 2.19. The van der Waals surface area contributed by atoms with Crippen LogP contribution in [0.4, 0.5) is 11.5 Å². The Morgan fingerprint density at radius 2 is 2.25 bits per heavy atom. The molecule has 1 saturated heterocycles. The van der Waals surface area contributed by atoms with Crippen LogP contribution in [0.5, 0.6) is 5.88 Å². The zero-order valence-electron chi connectivity index (χ0n) is 11.4. The van der Waals surface area contributed by atoms with Gasteiger partial charge in [-0.15, -0.1) is 0 Å². The molecule has 1 saturated carbocycles. The van der Waals surface area contributed by atoms with Crippen LogP contribution >= 0.6 is 0 Å². The second-order valence-electron chi connectivity index (χ2n) is 5.53. The number of pyridine rings is 1. The minimum absolute atomic E-state index is 0.113. The lowest BCUT2D eigenvalue weighted by molar-refractivity contribution is -0.122. The normalized spacial score (nSPS) is 22.2. The molecule has 0 radical (unpaired) electrons. The average Bonchev–Trinajstić information content (AvgIpc) is 3.26. The molecule has 4 N–H and O–H groups in total. The predicted octanol–water partition coefficient (Wildman–Crippen LogP) is 1.14. The number of amides is 1. The summed E-state index contributed by atoms with van der Waals surface area (Å²) in [5, 5.41) is 6.15. The molecule has 0 aromatic carbocycles. The van der Waals surface area contributed by atoms with E-state index in [0.29, 0.717) is 37.1 Å². The Hall–Kier alpha value is -1.98. The van der Waals surface area contributed by atoms with Gasteiger partial charge in [-0.05, 0) is 37.3 Å². The minimum Gasteiger partial charge on any atom is -0.476 e. The largest absolute Gasteiger partial charge is 0.476 e. The summed E-state index contributed by atoms with van der Waals surface area (Å²) in [6.45, 7) is 1.32. The van der Waals surface area contributed by atoms with Crippen molar-refractivity contribution in [3.05, 3.63) is 12.1 Å². The zero-order valence-corrected chi connectivity index (χ0v) is 11.4. The van der Waals surface area contributed by atoms with E-state index in [4.69, 9.17) is 10.5 Å². The molecule has 2 fully saturated rings. The zero-order chi connectivity index (χ0) is 13.9. The van der Waals surface area contributed by atoms with Gasteiger partial charge in [-0.2, -0.15) is 4.98 Å². The average molecular weight is 276 g/mol. The summed E-state index contributed by atoms with van der Waals surface area (Å²) in [6, 6.07) is 3.86. The van der Waals surface area contributed by atoms with Crippen molar-refractivity contribution < 1.29 is 9.53 Å². The maximum atomic E-state index is 11.1. The summed E-state index contributed by atoms with van der Waals surface area (Å²) in [4.78, 5) is 15.5. The van der Waals surface area contributed by atoms with Gasteiger partial charge in [0.25, 0.3) is 0 Å². The molecule has 20 heavy (non-hydrogen) atoms. The summed E-state index contributed by atoms with van der Waals surface area (Å²) in [7, 11) is 0. The highest BCUT2D eigenvalue weighted by molar-refractivity contribution is 5.77. The van der Waals surface area contributed by atoms with Crippen LogP contribution in [0.15, 0.2) is 12.1 Å². The van der Waals surface area contributed by atoms with Gasteiger partial charge in [-0.25, -0.2) is 0 Å². The van der Waals surface area contributed by atoms with Crippen molar-refractivity contribution in [1.29, 1.82) is 0 Å². The number of hydrogen-bond acceptors (Lipinski definition) is 5. The molecule has 3 rings (SSSR count). The molecule has 2 aliphatic rings. The number of nitrogens with zero attached hydrogens (tertiary/aromatic N) is 1. The number of carbonyl (C=O) groups excluding carboxylic acids is 1. The van der Waals surface area contributed by atoms with Crippen LogP contribution in [-0.4, -0.2) is 30.1 Å². The summed E-state index contributed by atoms with van der Waals surface area (Å²) in [5.74, 6) is 2.02. The third kappa shape index (κ3) is 3.31. The summed E-state index contributed by atoms with van der Waals surface area (Å²) in [6.07, 6.45) is 3.84. The molecular weight excluding hydrogens is 256 g/mol. The van der Waals surface area contributed by atoms with Crippen molar-refractivity contribution in [3.63, 3.8) is 0 Å². The number of nitrogens with one attached hydrogen (secondary N) is 2. The number of anilines is 2. The lowest BCUT2D eigenvalue weighted by atomic mass is 10.1. The standard InChI is InChI=1S/C14H20N4O2/c15-11-4-5-12(17-10-3-6-13(19)16-7-10)18-14(11)20-8-9-1-2-9/h4-5,9-10H,1-3,6-8,15H2,(H,16,19)(H,17,18). The van der Waals surface area contributed by atoms with Gasteiger partial charge >= 0.3 is 0 Å². The lowest BCUT2D eigenvalue weighted by Gasteiger charge is -2.24. The molecule has 1 amide bonds. The van der Waals surface area contributed by atoms with Gasteiger partial charge in [0.2, 0.25) is 11.8 Å². The topological polar surface area (TPSA) is 89.3 Å². The number of aromatic nitrogens is 1. The number of nitrogen functional groups attached to an aromatic ring is 1. The van der Waals surface area contributed by atoms with Crippen LogP contribution in [0.3, 0.4) is 0 Å². The van der Waals surface area contributed by atoms with E-state index in [1.807, 2.05) is 6.07 Å². The van der Waals surface area contributed by atoms with E-state index in [9.17, 15) is 4.79 Å². The highest BCUT2D eigenvalue weighted by atomic mass is 16.5. The Morgan fingerprint density at radius 1 is 1.40 bits per heavy atom. The number of nitrogens with two attached hydrogens (primary N) is 1. The Bertz CT molecular complexity index is 492. The quantitative estimate of drug-likeness (QED) is 0.750. The smallest absolute Gasteiger partial charge is 0.239 e. The SMILES string of the molecule is Nc1ccc(NC2CCC(=O)NC2)nc1OCC1CC1. The first-order chi connectivity index (χ1) is 9.70. The molecule has 108 valence electrons. The molecule has 6 nitrogen and oxygen atoms in total. The van der Waals surface area contributed by atoms with Crippen molar-refractivity contribution in [2.24, 2.45) is 5.92 Å². The molecule has 6 heteroatoms. The summed E-state index contributed by atoms with van der Waals surface area (Å²) < 4.78 is 5.66. The highest BCUT2D eigenvalue weighted by Gasteiger charge is 2.23. The van der Waals surface area contributed by atoms with E-state index in [1.54, 1.807) is 6.07 Å². The Labute approximate surface area is 118 Å². The summed E-state index contributed by atoms with van der Waals surface area (Å²) in [5.41, 5.74) is 6.44. The molecule has 1 aromatic heterocycles. The molecule has 1 unspecified atom stereocenters. The monoisotopic (exact) mass is 276 g/mol. The molecule has 0 bridgehead atoms. The number of ether oxygens (including phenoxy) is 1. The van der Waals surface area contributed by atoms with Crippen LogP contribution in [0, 0.1) is 5.92 Å². The second kappa shape index (κ2) is 5.56. The third-order valence-electron chi connectivity index (χ3n) is 3.66. The lowest BCUT2D eigenvalue weighted by Crippen LogP contribution is -2.42. The number of hydrogen-bond donors (Lipinski definition) is 3. The Kier molecular flexibility index (Phi) is 3.62. The molecule has 0 spiro atoms. The predicted molar refractivity (Wildman–Crippen MR) is 76.5 cm³/mol. The Balaban J connectivity index is 1.60. The molecule has 2 heterocycles. The van der Waals surface area contributed by atoms with E-state index in [1.165, 1.54) is 12.8 Å². The number of piperidine rings is 1. The summed E-state index contributed by atoms with van der Waals surface area (Å²) >= 11 is 0. The molecule has 1 atom stereocenters. The molecule has 1 aromatic rings. The van der Waals surface area contributed by atoms with Crippen molar-refractivity contribution in [2.45, 2.75) is 31.7 Å². The molecule has 1 aliphatic heterocycles.